The molecule has 0 amide bonds. The molecule has 0 aliphatic heterocycles. The zero-order valence-corrected chi connectivity index (χ0v) is 12.0. The molecule has 3 N–H and O–H groups in total. The van der Waals surface area contributed by atoms with Gasteiger partial charge in [0.1, 0.15) is 17.8 Å². The summed E-state index contributed by atoms with van der Waals surface area (Å²) in [5, 5.41) is 9.22. The van der Waals surface area contributed by atoms with Gasteiger partial charge in [0.15, 0.2) is 0 Å². The molecule has 0 aliphatic carbocycles. The van der Waals surface area contributed by atoms with E-state index in [1.165, 1.54) is 0 Å². The first-order chi connectivity index (χ1) is 8.69. The van der Waals surface area contributed by atoms with Gasteiger partial charge in [0.25, 0.3) is 0 Å². The molecule has 19 heavy (non-hydrogen) atoms. The molecule has 0 fully saturated rings. The molecule has 0 aliphatic rings. The van der Waals surface area contributed by atoms with Crippen molar-refractivity contribution in [3.05, 3.63) is 34.9 Å². The molecule has 0 radical (unpaired) electrons. The van der Waals surface area contributed by atoms with Crippen LogP contribution in [-0.2, 0) is 9.36 Å². The summed E-state index contributed by atoms with van der Waals surface area (Å²) in [7, 11) is -4.41. The molecule has 6 nitrogen and oxygen atoms in total. The topological polar surface area (TPSA) is 98.1 Å². The SMILES string of the molecule is O=C(O)CN(CP(=O)(O)O)C(=S)c1ccc(Cl)cc1. The zero-order chi connectivity index (χ0) is 14.6. The maximum atomic E-state index is 11.0. The number of rotatable bonds is 5. The van der Waals surface area contributed by atoms with E-state index >= 15 is 0 Å². The smallest absolute Gasteiger partial charge is 0.344 e. The third-order valence-corrected chi connectivity index (χ3v) is 3.52. The summed E-state index contributed by atoms with van der Waals surface area (Å²) >= 11 is 10.8. The Kier molecular flexibility index (Phi) is 5.46. The number of carboxylic acid groups (broad SMARTS) is 1. The number of hydrogen-bond donors (Lipinski definition) is 3. The largest absolute Gasteiger partial charge is 0.480 e. The van der Waals surface area contributed by atoms with Gasteiger partial charge in [-0.3, -0.25) is 9.36 Å². The van der Waals surface area contributed by atoms with E-state index in [1.54, 1.807) is 24.3 Å². The lowest BCUT2D eigenvalue weighted by molar-refractivity contribution is -0.137. The lowest BCUT2D eigenvalue weighted by atomic mass is 10.2. The van der Waals surface area contributed by atoms with E-state index in [1.807, 2.05) is 0 Å². The van der Waals surface area contributed by atoms with Crippen LogP contribution in [0, 0.1) is 0 Å². The highest BCUT2D eigenvalue weighted by molar-refractivity contribution is 7.80. The second-order valence-electron chi connectivity index (χ2n) is 3.71. The maximum absolute atomic E-state index is 11.0. The molecule has 0 aromatic heterocycles. The van der Waals surface area contributed by atoms with Crippen molar-refractivity contribution in [2.45, 2.75) is 0 Å². The quantitative estimate of drug-likeness (QED) is 0.558. The highest BCUT2D eigenvalue weighted by Gasteiger charge is 2.23. The van der Waals surface area contributed by atoms with Gasteiger partial charge in [-0.15, -0.1) is 0 Å². The minimum absolute atomic E-state index is 0.0439. The number of carbonyl (C=O) groups is 1. The maximum Gasteiger partial charge on any atom is 0.344 e. The van der Waals surface area contributed by atoms with E-state index in [2.05, 4.69) is 0 Å². The first-order valence-electron chi connectivity index (χ1n) is 5.00. The number of benzene rings is 1. The average Bonchev–Trinajstić information content (AvgIpc) is 2.25. The molecule has 1 rings (SSSR count). The number of aliphatic carboxylic acids is 1. The Labute approximate surface area is 119 Å². The number of hydrogen-bond acceptors (Lipinski definition) is 3. The third kappa shape index (κ3) is 5.67. The summed E-state index contributed by atoms with van der Waals surface area (Å²) in [5.41, 5.74) is 0.467. The van der Waals surface area contributed by atoms with Crippen molar-refractivity contribution >= 4 is 42.4 Å². The Hall–Kier alpha value is -0.980. The van der Waals surface area contributed by atoms with Crippen LogP contribution in [0.5, 0.6) is 0 Å². The van der Waals surface area contributed by atoms with E-state index in [0.717, 1.165) is 4.90 Å². The molecule has 1 aromatic rings. The van der Waals surface area contributed by atoms with E-state index in [4.69, 9.17) is 38.7 Å². The number of halogens is 1. The van der Waals surface area contributed by atoms with E-state index in [0.29, 0.717) is 10.6 Å². The Balaban J connectivity index is 2.96. The van der Waals surface area contributed by atoms with Gasteiger partial charge < -0.3 is 19.8 Å². The lowest BCUT2D eigenvalue weighted by Crippen LogP contribution is -2.35. The molecule has 0 atom stereocenters. The van der Waals surface area contributed by atoms with Crippen molar-refractivity contribution in [1.29, 1.82) is 0 Å². The van der Waals surface area contributed by atoms with Crippen LogP contribution < -0.4 is 0 Å². The fraction of sp³-hybridized carbons (Fsp3) is 0.200. The molecule has 0 heterocycles. The predicted molar refractivity (Wildman–Crippen MR) is 74.4 cm³/mol. The second kappa shape index (κ2) is 6.45. The van der Waals surface area contributed by atoms with E-state index in [9.17, 15) is 9.36 Å². The molecule has 0 bridgehead atoms. The molecule has 104 valence electrons. The van der Waals surface area contributed by atoms with Crippen molar-refractivity contribution in [3.8, 4) is 0 Å². The molecule has 0 unspecified atom stereocenters. The van der Waals surface area contributed by atoms with Crippen molar-refractivity contribution in [2.75, 3.05) is 12.8 Å². The summed E-state index contributed by atoms with van der Waals surface area (Å²) in [6.07, 6.45) is -0.749. The van der Waals surface area contributed by atoms with Crippen LogP contribution in [0.3, 0.4) is 0 Å². The normalized spacial score (nSPS) is 11.1. The average molecular weight is 324 g/mol. The minimum atomic E-state index is -4.41. The van der Waals surface area contributed by atoms with Crippen molar-refractivity contribution in [3.63, 3.8) is 0 Å². The zero-order valence-electron chi connectivity index (χ0n) is 9.56. The monoisotopic (exact) mass is 323 g/mol. The lowest BCUT2D eigenvalue weighted by Gasteiger charge is -2.23. The van der Waals surface area contributed by atoms with Crippen molar-refractivity contribution in [1.82, 2.24) is 4.90 Å². The van der Waals surface area contributed by atoms with Gasteiger partial charge in [-0.05, 0) is 12.1 Å². The Morgan fingerprint density at radius 1 is 1.32 bits per heavy atom. The van der Waals surface area contributed by atoms with Crippen LogP contribution in [0.4, 0.5) is 0 Å². The van der Waals surface area contributed by atoms with Crippen LogP contribution in [0.2, 0.25) is 5.02 Å². The fourth-order valence-corrected chi connectivity index (χ4v) is 2.52. The van der Waals surface area contributed by atoms with Crippen molar-refractivity contribution in [2.24, 2.45) is 0 Å². The van der Waals surface area contributed by atoms with E-state index < -0.39 is 26.4 Å². The van der Waals surface area contributed by atoms with Gasteiger partial charge >= 0.3 is 13.6 Å². The Morgan fingerprint density at radius 3 is 2.26 bits per heavy atom. The Bertz CT molecular complexity index is 529. The first-order valence-corrected chi connectivity index (χ1v) is 7.58. The van der Waals surface area contributed by atoms with Crippen LogP contribution >= 0.6 is 31.4 Å². The van der Waals surface area contributed by atoms with Crippen LogP contribution in [0.25, 0.3) is 0 Å². The predicted octanol–water partition coefficient (Wildman–Crippen LogP) is 1.54. The van der Waals surface area contributed by atoms with Crippen LogP contribution in [0.15, 0.2) is 24.3 Å². The molecule has 9 heteroatoms. The minimum Gasteiger partial charge on any atom is -0.480 e. The van der Waals surface area contributed by atoms with Crippen LogP contribution in [-0.4, -0.2) is 43.6 Å². The third-order valence-electron chi connectivity index (χ3n) is 2.06. The molecular formula is C10H11ClNO5PS. The summed E-state index contributed by atoms with van der Waals surface area (Å²) in [6.45, 7) is -0.591. The highest BCUT2D eigenvalue weighted by atomic mass is 35.5. The number of thiocarbonyl (C=S) groups is 1. The number of carboxylic acids is 1. The molecule has 0 spiro atoms. The number of nitrogens with zero attached hydrogens (tertiary/aromatic N) is 1. The van der Waals surface area contributed by atoms with Gasteiger partial charge in [0, 0.05) is 10.6 Å². The first kappa shape index (κ1) is 16.1. The summed E-state index contributed by atoms with van der Waals surface area (Å²) in [6, 6.07) is 6.22. The highest BCUT2D eigenvalue weighted by Crippen LogP contribution is 2.35. The summed E-state index contributed by atoms with van der Waals surface area (Å²) in [5.74, 6) is -1.23. The fourth-order valence-electron chi connectivity index (χ4n) is 1.35. The van der Waals surface area contributed by atoms with Gasteiger partial charge in [-0.25, -0.2) is 0 Å². The van der Waals surface area contributed by atoms with Gasteiger partial charge in [0.2, 0.25) is 0 Å². The summed E-state index contributed by atoms with van der Waals surface area (Å²) < 4.78 is 11.0. The molecule has 0 saturated carbocycles. The van der Waals surface area contributed by atoms with Crippen LogP contribution in [0.1, 0.15) is 5.56 Å². The van der Waals surface area contributed by atoms with Gasteiger partial charge in [-0.1, -0.05) is 36.0 Å². The van der Waals surface area contributed by atoms with Gasteiger partial charge in [-0.2, -0.15) is 0 Å². The standard InChI is InChI=1S/C10H11ClNO5PS/c11-8-3-1-7(2-4-8)10(19)12(5-9(13)14)6-18(15,16)17/h1-4H,5-6H2,(H,13,14)(H2,15,16,17). The van der Waals surface area contributed by atoms with E-state index in [-0.39, 0.29) is 4.99 Å². The van der Waals surface area contributed by atoms with Gasteiger partial charge in [0.05, 0.1) is 0 Å². The molecule has 1 aromatic carbocycles. The molecular weight excluding hydrogens is 313 g/mol. The van der Waals surface area contributed by atoms with Crippen molar-refractivity contribution < 1.29 is 24.3 Å². The Morgan fingerprint density at radius 2 is 1.84 bits per heavy atom. The molecule has 0 saturated heterocycles. The second-order valence-corrected chi connectivity index (χ2v) is 6.15. The summed E-state index contributed by atoms with van der Waals surface area (Å²) in [4.78, 5) is 29.6.